The third kappa shape index (κ3) is 8.19. The Bertz CT molecular complexity index is 1750. The fourth-order valence-electron chi connectivity index (χ4n) is 5.58. The van der Waals surface area contributed by atoms with Gasteiger partial charge < -0.3 is 26.2 Å². The highest BCUT2D eigenvalue weighted by Gasteiger charge is 2.38. The number of nitrogens with zero attached hydrogens (tertiary/aromatic N) is 2. The summed E-state index contributed by atoms with van der Waals surface area (Å²) in [7, 11) is 0. The highest BCUT2D eigenvalue weighted by molar-refractivity contribution is 5.93. The number of anilines is 1. The van der Waals surface area contributed by atoms with Crippen molar-refractivity contribution in [1.82, 2.24) is 10.3 Å². The minimum Gasteiger partial charge on any atom is -0.508 e. The number of para-hydroxylation sites is 1. The molecular weight excluding hydrogens is 601 g/mol. The van der Waals surface area contributed by atoms with Gasteiger partial charge in [-0.25, -0.2) is 4.79 Å². The lowest BCUT2D eigenvalue weighted by Gasteiger charge is -2.35. The average Bonchev–Trinajstić information content (AvgIpc) is 2.98. The molecule has 9 nitrogen and oxygen atoms in total. The predicted molar refractivity (Wildman–Crippen MR) is 167 cm³/mol. The van der Waals surface area contributed by atoms with Crippen molar-refractivity contribution in [2.24, 2.45) is 5.73 Å². The van der Waals surface area contributed by atoms with Crippen LogP contribution in [0.1, 0.15) is 52.8 Å². The minimum absolute atomic E-state index is 0.0255. The number of amides is 2. The first-order valence-corrected chi connectivity index (χ1v) is 14.5. The third-order valence-corrected chi connectivity index (χ3v) is 7.84. The quantitative estimate of drug-likeness (QED) is 0.226. The number of nitrogens with one attached hydrogen (secondary N) is 1. The topological polar surface area (TPSA) is 146 Å². The van der Waals surface area contributed by atoms with Gasteiger partial charge in [0.1, 0.15) is 5.75 Å². The lowest BCUT2D eigenvalue weighted by atomic mass is 9.91. The number of carboxylic acid groups (broad SMARTS) is 1. The average molecular weight is 637 g/mol. The first-order valence-electron chi connectivity index (χ1n) is 14.5. The van der Waals surface area contributed by atoms with Crippen molar-refractivity contribution < 1.29 is 37.8 Å². The molecule has 2 amide bonds. The molecule has 4 aromatic rings. The maximum absolute atomic E-state index is 13.3. The van der Waals surface area contributed by atoms with E-state index in [0.717, 1.165) is 50.0 Å². The van der Waals surface area contributed by atoms with Gasteiger partial charge in [0.25, 0.3) is 0 Å². The summed E-state index contributed by atoms with van der Waals surface area (Å²) >= 11 is 0. The number of aliphatic carboxylic acids is 1. The van der Waals surface area contributed by atoms with Crippen LogP contribution in [0.3, 0.4) is 0 Å². The number of fused-ring (bicyclic) bond motifs is 2. The van der Waals surface area contributed by atoms with Crippen LogP contribution in [0.25, 0.3) is 10.9 Å². The largest absolute Gasteiger partial charge is 0.508 e. The number of nitrogens with two attached hydrogens (primary N) is 1. The smallest absolute Gasteiger partial charge is 0.490 e. The van der Waals surface area contributed by atoms with Crippen LogP contribution >= 0.6 is 0 Å². The molecule has 0 radical (unpaired) electrons. The zero-order chi connectivity index (χ0) is 33.8. The van der Waals surface area contributed by atoms with E-state index in [1.165, 1.54) is 0 Å². The van der Waals surface area contributed by atoms with E-state index >= 15 is 0 Å². The second-order valence-corrected chi connectivity index (χ2v) is 11.3. The number of pyridine rings is 1. The summed E-state index contributed by atoms with van der Waals surface area (Å²) in [6, 6.07) is 18.7. The second-order valence-electron chi connectivity index (χ2n) is 11.3. The summed E-state index contributed by atoms with van der Waals surface area (Å²) in [5, 5.41) is 21.2. The van der Waals surface area contributed by atoms with Crippen LogP contribution in [0.2, 0.25) is 0 Å². The van der Waals surface area contributed by atoms with E-state index in [1.54, 1.807) is 24.0 Å². The summed E-state index contributed by atoms with van der Waals surface area (Å²) in [6.45, 7) is 5.90. The summed E-state index contributed by atoms with van der Waals surface area (Å²) in [6.07, 6.45) is -1.53. The fourth-order valence-corrected chi connectivity index (χ4v) is 5.58. The molecular formula is C34H35F3N4O5. The maximum atomic E-state index is 13.3. The van der Waals surface area contributed by atoms with Crippen LogP contribution < -0.4 is 16.0 Å². The lowest BCUT2D eigenvalue weighted by Crippen LogP contribution is -2.46. The molecule has 12 heteroatoms. The van der Waals surface area contributed by atoms with Crippen molar-refractivity contribution in [3.05, 3.63) is 100 Å². The number of phenolic OH excluding ortho intramolecular Hbond substituents is 1. The molecule has 0 aliphatic carbocycles. The van der Waals surface area contributed by atoms with Crippen LogP contribution in [0.5, 0.6) is 5.75 Å². The Morgan fingerprint density at radius 3 is 2.33 bits per heavy atom. The summed E-state index contributed by atoms with van der Waals surface area (Å²) in [4.78, 5) is 40.9. The number of aryl methyl sites for hydroxylation is 2. The van der Waals surface area contributed by atoms with E-state index in [2.05, 4.69) is 28.5 Å². The van der Waals surface area contributed by atoms with Crippen molar-refractivity contribution in [1.29, 1.82) is 0 Å². The molecule has 1 aliphatic heterocycles. The zero-order valence-electron chi connectivity index (χ0n) is 25.6. The minimum atomic E-state index is -5.08. The zero-order valence-corrected chi connectivity index (χ0v) is 25.6. The third-order valence-electron chi connectivity index (χ3n) is 7.84. The number of phenols is 1. The Morgan fingerprint density at radius 1 is 1.04 bits per heavy atom. The van der Waals surface area contributed by atoms with E-state index in [4.69, 9.17) is 15.6 Å². The van der Waals surface area contributed by atoms with Crippen molar-refractivity contribution in [2.75, 3.05) is 11.4 Å². The summed E-state index contributed by atoms with van der Waals surface area (Å²) < 4.78 is 31.7. The van der Waals surface area contributed by atoms with E-state index in [-0.39, 0.29) is 23.6 Å². The van der Waals surface area contributed by atoms with E-state index in [0.29, 0.717) is 25.8 Å². The molecule has 0 spiro atoms. The van der Waals surface area contributed by atoms with Gasteiger partial charge >= 0.3 is 12.1 Å². The SMILES string of the molecule is CC(=O)N1CC[C@@H](NC(=O)[C@@H](N)Cc2c(C)cc(O)cc2C)c2cc(Cc3cnc4ccccc4c3)ccc21.O=C(O)C(F)(F)F. The Hall–Kier alpha value is -4.97. The van der Waals surface area contributed by atoms with Gasteiger partial charge in [0.15, 0.2) is 0 Å². The van der Waals surface area contributed by atoms with Gasteiger partial charge in [0.05, 0.1) is 17.6 Å². The van der Waals surface area contributed by atoms with Crippen LogP contribution in [-0.2, 0) is 27.2 Å². The number of carboxylic acids is 1. The molecule has 5 rings (SSSR count). The molecule has 0 unspecified atom stereocenters. The van der Waals surface area contributed by atoms with Gasteiger partial charge in [-0.2, -0.15) is 13.2 Å². The highest BCUT2D eigenvalue weighted by atomic mass is 19.4. The molecule has 0 saturated carbocycles. The number of aromatic nitrogens is 1. The van der Waals surface area contributed by atoms with Gasteiger partial charge in [-0.3, -0.25) is 14.6 Å². The van der Waals surface area contributed by atoms with Gasteiger partial charge in [-0.15, -0.1) is 0 Å². The molecule has 46 heavy (non-hydrogen) atoms. The number of carbonyl (C=O) groups excluding carboxylic acids is 2. The van der Waals surface area contributed by atoms with Crippen molar-refractivity contribution >= 4 is 34.4 Å². The number of halogens is 3. The standard InChI is InChI=1S/C32H34N4O3.C2HF3O2/c1-19-12-25(38)13-20(2)26(19)17-28(33)32(39)35-30-10-11-36(21(3)37)31-9-8-22(16-27(30)31)14-23-15-24-6-4-5-7-29(24)34-18-23;3-2(4,5)1(6)7/h4-9,12-13,15-16,18,28,30,38H,10-11,14,17,33H2,1-3H3,(H,35,39);(H,6,7)/t28-,30+;/m0./s1. The number of rotatable bonds is 6. The Kier molecular flexibility index (Phi) is 10.3. The molecule has 242 valence electrons. The second kappa shape index (κ2) is 14.0. The van der Waals surface area contributed by atoms with Crippen molar-refractivity contribution in [3.63, 3.8) is 0 Å². The molecule has 2 atom stereocenters. The molecule has 0 fully saturated rings. The number of hydrogen-bond acceptors (Lipinski definition) is 6. The van der Waals surface area contributed by atoms with Crippen LogP contribution in [0.4, 0.5) is 18.9 Å². The monoisotopic (exact) mass is 636 g/mol. The molecule has 1 aromatic heterocycles. The molecule has 5 N–H and O–H groups in total. The molecule has 0 saturated heterocycles. The maximum Gasteiger partial charge on any atom is 0.490 e. The van der Waals surface area contributed by atoms with Gasteiger partial charge in [0.2, 0.25) is 11.8 Å². The number of benzene rings is 3. The summed E-state index contributed by atoms with van der Waals surface area (Å²) in [5.41, 5.74) is 14.0. The van der Waals surface area contributed by atoms with Gasteiger partial charge in [0, 0.05) is 30.7 Å². The number of hydrogen-bond donors (Lipinski definition) is 4. The number of carbonyl (C=O) groups is 3. The number of alkyl halides is 3. The number of aromatic hydroxyl groups is 1. The fraction of sp³-hybridized carbons (Fsp3) is 0.294. The highest BCUT2D eigenvalue weighted by Crippen LogP contribution is 2.35. The normalized spacial score (nSPS) is 14.9. The molecule has 1 aliphatic rings. The van der Waals surface area contributed by atoms with Crippen LogP contribution in [-0.4, -0.2) is 51.7 Å². The summed E-state index contributed by atoms with van der Waals surface area (Å²) in [5.74, 6) is -2.82. The van der Waals surface area contributed by atoms with E-state index < -0.39 is 18.2 Å². The van der Waals surface area contributed by atoms with Crippen molar-refractivity contribution in [3.8, 4) is 5.75 Å². The first-order chi connectivity index (χ1) is 21.6. The predicted octanol–water partition coefficient (Wildman–Crippen LogP) is 5.27. The van der Waals surface area contributed by atoms with E-state index in [1.807, 2.05) is 50.4 Å². The lowest BCUT2D eigenvalue weighted by molar-refractivity contribution is -0.192. The first kappa shape index (κ1) is 33.9. The molecule has 3 aromatic carbocycles. The van der Waals surface area contributed by atoms with Crippen molar-refractivity contribution in [2.45, 2.75) is 58.3 Å². The van der Waals surface area contributed by atoms with Crippen LogP contribution in [0, 0.1) is 13.8 Å². The van der Waals surface area contributed by atoms with Crippen LogP contribution in [0.15, 0.2) is 66.9 Å². The van der Waals surface area contributed by atoms with Gasteiger partial charge in [-0.05, 0) is 96.8 Å². The van der Waals surface area contributed by atoms with E-state index in [9.17, 15) is 27.9 Å². The molecule has 2 heterocycles. The Morgan fingerprint density at radius 2 is 1.70 bits per heavy atom. The Balaban J connectivity index is 0.000000617. The Labute approximate surface area is 263 Å². The van der Waals surface area contributed by atoms with Gasteiger partial charge in [-0.1, -0.05) is 30.3 Å². The molecule has 0 bridgehead atoms.